The Labute approximate surface area is 105 Å². The lowest BCUT2D eigenvalue weighted by atomic mass is 10.1. The molecule has 2 heterocycles. The molecule has 1 saturated heterocycles. The first-order valence-electron chi connectivity index (χ1n) is 6.12. The fourth-order valence-corrected chi connectivity index (χ4v) is 2.26. The topological polar surface area (TPSA) is 60.2 Å². The van der Waals surface area contributed by atoms with Gasteiger partial charge in [0.25, 0.3) is 0 Å². The number of aromatic amines is 1. The molecule has 0 spiro atoms. The van der Waals surface area contributed by atoms with Gasteiger partial charge in [-0.05, 0) is 18.1 Å². The molecule has 1 aliphatic rings. The van der Waals surface area contributed by atoms with Crippen molar-refractivity contribution >= 4 is 16.9 Å². The Morgan fingerprint density at radius 1 is 1.17 bits per heavy atom. The molecule has 5 heteroatoms. The van der Waals surface area contributed by atoms with Gasteiger partial charge in [0.05, 0.1) is 13.3 Å². The van der Waals surface area contributed by atoms with Crippen LogP contribution in [0.3, 0.4) is 0 Å². The number of nitrogens with zero attached hydrogens (tertiary/aromatic N) is 1. The van der Waals surface area contributed by atoms with Gasteiger partial charge in [-0.3, -0.25) is 4.90 Å². The van der Waals surface area contributed by atoms with E-state index in [9.17, 15) is 4.79 Å². The standard InChI is InChI=1S/C13H16N4O/c18-13-15-8-17(9-16-13)6-5-10-7-14-12-4-2-1-3-11(10)12/h1-4,7,14H,5-6,8-9H2,(H2,15,16,18). The molecule has 3 rings (SSSR count). The molecule has 5 nitrogen and oxygen atoms in total. The van der Waals surface area contributed by atoms with Crippen molar-refractivity contribution in [2.24, 2.45) is 0 Å². The number of amides is 2. The highest BCUT2D eigenvalue weighted by Gasteiger charge is 2.14. The van der Waals surface area contributed by atoms with E-state index in [1.165, 1.54) is 16.5 Å². The second-order valence-electron chi connectivity index (χ2n) is 4.50. The van der Waals surface area contributed by atoms with Crippen LogP contribution >= 0.6 is 0 Å². The third-order valence-corrected chi connectivity index (χ3v) is 3.30. The van der Waals surface area contributed by atoms with Crippen molar-refractivity contribution in [2.45, 2.75) is 6.42 Å². The number of nitrogens with one attached hydrogen (secondary N) is 3. The Hall–Kier alpha value is -2.01. The van der Waals surface area contributed by atoms with Gasteiger partial charge in [0.15, 0.2) is 0 Å². The van der Waals surface area contributed by atoms with Crippen molar-refractivity contribution < 1.29 is 4.79 Å². The molecule has 1 aliphatic heterocycles. The average Bonchev–Trinajstić information content (AvgIpc) is 2.82. The largest absolute Gasteiger partial charge is 0.361 e. The van der Waals surface area contributed by atoms with Crippen LogP contribution in [-0.4, -0.2) is 35.8 Å². The molecule has 1 aromatic carbocycles. The van der Waals surface area contributed by atoms with Gasteiger partial charge in [-0.2, -0.15) is 0 Å². The van der Waals surface area contributed by atoms with Crippen LogP contribution in [0, 0.1) is 0 Å². The average molecular weight is 244 g/mol. The third kappa shape index (κ3) is 2.17. The van der Waals surface area contributed by atoms with Gasteiger partial charge in [-0.1, -0.05) is 18.2 Å². The van der Waals surface area contributed by atoms with Crippen LogP contribution in [0.15, 0.2) is 30.5 Å². The van der Waals surface area contributed by atoms with Crippen LogP contribution in [0.5, 0.6) is 0 Å². The number of rotatable bonds is 3. The van der Waals surface area contributed by atoms with Crippen LogP contribution < -0.4 is 10.6 Å². The zero-order valence-corrected chi connectivity index (χ0v) is 10.1. The van der Waals surface area contributed by atoms with E-state index in [1.807, 2.05) is 6.07 Å². The van der Waals surface area contributed by atoms with Gasteiger partial charge in [-0.25, -0.2) is 4.79 Å². The Morgan fingerprint density at radius 3 is 2.78 bits per heavy atom. The number of carbonyl (C=O) groups is 1. The number of fused-ring (bicyclic) bond motifs is 1. The summed E-state index contributed by atoms with van der Waals surface area (Å²) in [6.07, 6.45) is 3.04. The summed E-state index contributed by atoms with van der Waals surface area (Å²) in [4.78, 5) is 16.4. The molecule has 0 saturated carbocycles. The minimum atomic E-state index is -0.0849. The highest BCUT2D eigenvalue weighted by Crippen LogP contribution is 2.18. The quantitative estimate of drug-likeness (QED) is 0.760. The second-order valence-corrected chi connectivity index (χ2v) is 4.50. The molecular formula is C13H16N4O. The summed E-state index contributed by atoms with van der Waals surface area (Å²) in [5.74, 6) is 0. The molecule has 0 bridgehead atoms. The number of hydrogen-bond acceptors (Lipinski definition) is 2. The minimum Gasteiger partial charge on any atom is -0.361 e. The summed E-state index contributed by atoms with van der Waals surface area (Å²) >= 11 is 0. The van der Waals surface area contributed by atoms with Gasteiger partial charge in [0.2, 0.25) is 0 Å². The minimum absolute atomic E-state index is 0.0849. The lowest BCUT2D eigenvalue weighted by Crippen LogP contribution is -2.54. The van der Waals surface area contributed by atoms with E-state index in [2.05, 4.69) is 44.9 Å². The highest BCUT2D eigenvalue weighted by atomic mass is 16.2. The van der Waals surface area contributed by atoms with Crippen molar-refractivity contribution in [1.29, 1.82) is 0 Å². The zero-order valence-electron chi connectivity index (χ0n) is 10.1. The zero-order chi connectivity index (χ0) is 12.4. The summed E-state index contributed by atoms with van der Waals surface area (Å²) in [5, 5.41) is 6.82. The predicted molar refractivity (Wildman–Crippen MR) is 70.1 cm³/mol. The molecule has 3 N–H and O–H groups in total. The smallest absolute Gasteiger partial charge is 0.316 e. The summed E-state index contributed by atoms with van der Waals surface area (Å²) in [6.45, 7) is 2.16. The van der Waals surface area contributed by atoms with Crippen molar-refractivity contribution in [1.82, 2.24) is 20.5 Å². The fraction of sp³-hybridized carbons (Fsp3) is 0.308. The molecule has 0 atom stereocenters. The van der Waals surface area contributed by atoms with Gasteiger partial charge >= 0.3 is 6.03 Å². The summed E-state index contributed by atoms with van der Waals surface area (Å²) in [6, 6.07) is 8.23. The summed E-state index contributed by atoms with van der Waals surface area (Å²) in [5.41, 5.74) is 2.50. The number of benzene rings is 1. The van der Waals surface area contributed by atoms with Gasteiger partial charge < -0.3 is 15.6 Å². The first-order chi connectivity index (χ1) is 8.83. The Bertz CT molecular complexity index is 553. The van der Waals surface area contributed by atoms with Crippen molar-refractivity contribution in [3.05, 3.63) is 36.0 Å². The number of hydrogen-bond donors (Lipinski definition) is 3. The van der Waals surface area contributed by atoms with Crippen LogP contribution in [-0.2, 0) is 6.42 Å². The fourth-order valence-electron chi connectivity index (χ4n) is 2.26. The molecule has 1 fully saturated rings. The van der Waals surface area contributed by atoms with Crippen molar-refractivity contribution in [3.63, 3.8) is 0 Å². The summed E-state index contributed by atoms with van der Waals surface area (Å²) < 4.78 is 0. The first kappa shape index (κ1) is 11.1. The second kappa shape index (κ2) is 4.70. The molecule has 0 radical (unpaired) electrons. The SMILES string of the molecule is O=C1NCN(CCc2c[nH]c3ccccc23)CN1. The lowest BCUT2D eigenvalue weighted by molar-refractivity contribution is 0.183. The van der Waals surface area contributed by atoms with Crippen molar-refractivity contribution in [2.75, 3.05) is 19.9 Å². The maximum atomic E-state index is 11.0. The van der Waals surface area contributed by atoms with Gasteiger partial charge in [0.1, 0.15) is 0 Å². The highest BCUT2D eigenvalue weighted by molar-refractivity contribution is 5.83. The molecule has 18 heavy (non-hydrogen) atoms. The number of urea groups is 1. The van der Waals surface area contributed by atoms with Gasteiger partial charge in [0, 0.05) is 23.6 Å². The molecule has 0 aliphatic carbocycles. The van der Waals surface area contributed by atoms with Gasteiger partial charge in [-0.15, -0.1) is 0 Å². The van der Waals surface area contributed by atoms with Crippen LogP contribution in [0.1, 0.15) is 5.56 Å². The van der Waals surface area contributed by atoms with Crippen molar-refractivity contribution in [3.8, 4) is 0 Å². The molecule has 2 amide bonds. The van der Waals surface area contributed by atoms with Crippen LogP contribution in [0.4, 0.5) is 4.79 Å². The van der Waals surface area contributed by atoms with E-state index in [0.717, 1.165) is 13.0 Å². The van der Waals surface area contributed by atoms with E-state index in [4.69, 9.17) is 0 Å². The number of para-hydroxylation sites is 1. The number of H-pyrrole nitrogens is 1. The van der Waals surface area contributed by atoms with E-state index < -0.39 is 0 Å². The molecule has 0 unspecified atom stereocenters. The normalized spacial score (nSPS) is 16.6. The first-order valence-corrected chi connectivity index (χ1v) is 6.12. The predicted octanol–water partition coefficient (Wildman–Crippen LogP) is 1.24. The molecule has 94 valence electrons. The monoisotopic (exact) mass is 244 g/mol. The van der Waals surface area contributed by atoms with E-state index in [-0.39, 0.29) is 6.03 Å². The van der Waals surface area contributed by atoms with E-state index in [0.29, 0.717) is 13.3 Å². The molecule has 2 aromatic rings. The van der Waals surface area contributed by atoms with Crippen LogP contribution in [0.25, 0.3) is 10.9 Å². The van der Waals surface area contributed by atoms with E-state index in [1.54, 1.807) is 0 Å². The van der Waals surface area contributed by atoms with Crippen LogP contribution in [0.2, 0.25) is 0 Å². The Morgan fingerprint density at radius 2 is 1.94 bits per heavy atom. The number of aromatic nitrogens is 1. The maximum Gasteiger partial charge on any atom is 0.316 e. The Kier molecular flexibility index (Phi) is 2.90. The summed E-state index contributed by atoms with van der Waals surface area (Å²) in [7, 11) is 0. The Balaban J connectivity index is 1.64. The molecule has 1 aromatic heterocycles. The lowest BCUT2D eigenvalue weighted by Gasteiger charge is -2.27. The number of carbonyl (C=O) groups excluding carboxylic acids is 1. The van der Waals surface area contributed by atoms with E-state index >= 15 is 0 Å². The maximum absolute atomic E-state index is 11.0. The molecular weight excluding hydrogens is 228 g/mol. The third-order valence-electron chi connectivity index (χ3n) is 3.30.